The molecule has 136 valence electrons. The van der Waals surface area contributed by atoms with Gasteiger partial charge in [-0.3, -0.25) is 4.79 Å². The number of amidine groups is 1. The summed E-state index contributed by atoms with van der Waals surface area (Å²) < 4.78 is 5.21. The van der Waals surface area contributed by atoms with Gasteiger partial charge in [0, 0.05) is 16.8 Å². The van der Waals surface area contributed by atoms with Crippen LogP contribution in [0.25, 0.3) is 0 Å². The van der Waals surface area contributed by atoms with Crippen LogP contribution in [-0.2, 0) is 6.54 Å². The highest BCUT2D eigenvalue weighted by Crippen LogP contribution is 2.29. The number of carbonyl (C=O) groups is 1. The van der Waals surface area contributed by atoms with Crippen LogP contribution in [0.3, 0.4) is 0 Å². The Bertz CT molecular complexity index is 1110. The number of nitrogens with zero attached hydrogens (tertiary/aromatic N) is 3. The fraction of sp³-hybridized carbons (Fsp3) is 0.0870. The summed E-state index contributed by atoms with van der Waals surface area (Å²) in [4.78, 5) is 19.3. The van der Waals surface area contributed by atoms with Crippen molar-refractivity contribution in [2.45, 2.75) is 6.54 Å². The highest BCUT2D eigenvalue weighted by atomic mass is 16.5. The summed E-state index contributed by atoms with van der Waals surface area (Å²) in [6, 6.07) is 24.3. The Morgan fingerprint density at radius 3 is 2.61 bits per heavy atom. The summed E-state index contributed by atoms with van der Waals surface area (Å²) in [5.74, 6) is 0.888. The summed E-state index contributed by atoms with van der Waals surface area (Å²) in [7, 11) is 1.56. The molecule has 4 rings (SSSR count). The minimum Gasteiger partial charge on any atom is -0.497 e. The number of ether oxygens (including phenoxy) is 1. The van der Waals surface area contributed by atoms with E-state index >= 15 is 0 Å². The van der Waals surface area contributed by atoms with Crippen LogP contribution in [-0.4, -0.2) is 18.9 Å². The zero-order valence-electron chi connectivity index (χ0n) is 15.3. The van der Waals surface area contributed by atoms with Crippen LogP contribution in [0.2, 0.25) is 0 Å². The number of hydrogen-bond acceptors (Lipinski definition) is 3. The Morgan fingerprint density at radius 1 is 1.07 bits per heavy atom. The third kappa shape index (κ3) is 3.24. The van der Waals surface area contributed by atoms with E-state index in [4.69, 9.17) is 10.00 Å². The molecule has 0 N–H and O–H groups in total. The summed E-state index contributed by atoms with van der Waals surface area (Å²) >= 11 is 0. The molecular formula is C23H17N3O2. The number of methoxy groups -OCH3 is 1. The van der Waals surface area contributed by atoms with Crippen molar-refractivity contribution < 1.29 is 9.53 Å². The molecule has 1 heterocycles. The first kappa shape index (κ1) is 17.5. The second-order valence-electron chi connectivity index (χ2n) is 6.37. The van der Waals surface area contributed by atoms with Gasteiger partial charge in [0.25, 0.3) is 5.91 Å². The van der Waals surface area contributed by atoms with Crippen LogP contribution < -0.4 is 9.64 Å². The fourth-order valence-corrected chi connectivity index (χ4v) is 3.23. The molecule has 0 aliphatic carbocycles. The maximum Gasteiger partial charge on any atom is 0.279 e. The fourth-order valence-electron chi connectivity index (χ4n) is 3.23. The van der Waals surface area contributed by atoms with Gasteiger partial charge in [-0.05, 0) is 48.0 Å². The van der Waals surface area contributed by atoms with E-state index in [0.717, 1.165) is 16.8 Å². The quantitative estimate of drug-likeness (QED) is 0.697. The van der Waals surface area contributed by atoms with E-state index in [9.17, 15) is 4.79 Å². The predicted molar refractivity (Wildman–Crippen MR) is 108 cm³/mol. The van der Waals surface area contributed by atoms with Crippen molar-refractivity contribution >= 4 is 17.4 Å². The number of carbonyl (C=O) groups excluding carboxylic acids is 1. The molecule has 0 saturated carbocycles. The molecular weight excluding hydrogens is 350 g/mol. The van der Waals surface area contributed by atoms with Gasteiger partial charge < -0.3 is 9.64 Å². The second-order valence-corrected chi connectivity index (χ2v) is 6.37. The molecule has 0 bridgehead atoms. The van der Waals surface area contributed by atoms with E-state index in [0.29, 0.717) is 29.3 Å². The van der Waals surface area contributed by atoms with Gasteiger partial charge >= 0.3 is 0 Å². The smallest absolute Gasteiger partial charge is 0.279 e. The molecule has 0 radical (unpaired) electrons. The zero-order chi connectivity index (χ0) is 19.5. The van der Waals surface area contributed by atoms with E-state index in [2.05, 4.69) is 11.1 Å². The molecule has 1 aliphatic heterocycles. The Morgan fingerprint density at radius 2 is 1.86 bits per heavy atom. The maximum atomic E-state index is 12.8. The SMILES string of the molecule is COc1cccc(C(=O)N=C2c3ccccc3CN2c2ccc(C#N)cc2)c1. The van der Waals surface area contributed by atoms with Gasteiger partial charge in [-0.25, -0.2) is 0 Å². The minimum absolute atomic E-state index is 0.329. The first-order chi connectivity index (χ1) is 13.7. The van der Waals surface area contributed by atoms with Crippen molar-refractivity contribution in [1.29, 1.82) is 5.26 Å². The summed E-state index contributed by atoms with van der Waals surface area (Å²) in [5, 5.41) is 9.03. The van der Waals surface area contributed by atoms with Gasteiger partial charge in [-0.1, -0.05) is 30.3 Å². The topological polar surface area (TPSA) is 65.7 Å². The molecule has 5 nitrogen and oxygen atoms in total. The summed E-state index contributed by atoms with van der Waals surface area (Å²) in [6.07, 6.45) is 0. The third-order valence-corrected chi connectivity index (χ3v) is 4.67. The molecule has 3 aromatic rings. The van der Waals surface area contributed by atoms with Gasteiger partial charge in [-0.2, -0.15) is 10.3 Å². The van der Waals surface area contributed by atoms with Crippen molar-refractivity contribution in [3.8, 4) is 11.8 Å². The maximum absolute atomic E-state index is 12.8. The Balaban J connectivity index is 1.76. The Hall–Kier alpha value is -3.91. The van der Waals surface area contributed by atoms with E-state index in [1.807, 2.05) is 41.3 Å². The molecule has 0 spiro atoms. The number of rotatable bonds is 3. The standard InChI is InChI=1S/C23H17N3O2/c1-28-20-7-4-6-17(13-20)23(27)25-22-21-8-3-2-5-18(21)15-26(22)19-11-9-16(14-24)10-12-19/h2-13H,15H2,1H3. The van der Waals surface area contributed by atoms with E-state index < -0.39 is 0 Å². The monoisotopic (exact) mass is 367 g/mol. The first-order valence-corrected chi connectivity index (χ1v) is 8.82. The van der Waals surface area contributed by atoms with Crippen LogP contribution in [0, 0.1) is 11.3 Å². The number of aliphatic imine (C=N–C) groups is 1. The Labute approximate surface area is 163 Å². The van der Waals surface area contributed by atoms with E-state index in [1.165, 1.54) is 0 Å². The first-order valence-electron chi connectivity index (χ1n) is 8.82. The van der Waals surface area contributed by atoms with Crippen molar-refractivity contribution in [2.75, 3.05) is 12.0 Å². The number of amides is 1. The molecule has 0 aromatic heterocycles. The lowest BCUT2D eigenvalue weighted by Gasteiger charge is -2.19. The highest BCUT2D eigenvalue weighted by molar-refractivity contribution is 6.18. The van der Waals surface area contributed by atoms with Gasteiger partial charge in [-0.15, -0.1) is 0 Å². The average Bonchev–Trinajstić information content (AvgIpc) is 3.12. The van der Waals surface area contributed by atoms with E-state index in [-0.39, 0.29) is 5.91 Å². The molecule has 0 saturated heterocycles. The van der Waals surface area contributed by atoms with Crippen LogP contribution in [0.15, 0.2) is 77.8 Å². The molecule has 3 aromatic carbocycles. The summed E-state index contributed by atoms with van der Waals surface area (Å²) in [6.45, 7) is 0.617. The molecule has 0 unspecified atom stereocenters. The molecule has 1 aliphatic rings. The number of hydrogen-bond donors (Lipinski definition) is 0. The number of nitriles is 1. The van der Waals surface area contributed by atoms with Gasteiger partial charge in [0.1, 0.15) is 11.6 Å². The van der Waals surface area contributed by atoms with Crippen molar-refractivity contribution in [1.82, 2.24) is 0 Å². The van der Waals surface area contributed by atoms with Crippen LogP contribution in [0.5, 0.6) is 5.75 Å². The Kier molecular flexibility index (Phi) is 4.61. The van der Waals surface area contributed by atoms with Gasteiger partial charge in [0.2, 0.25) is 0 Å². The van der Waals surface area contributed by atoms with Crippen LogP contribution >= 0.6 is 0 Å². The molecule has 0 atom stereocenters. The highest BCUT2D eigenvalue weighted by Gasteiger charge is 2.27. The second kappa shape index (κ2) is 7.37. The normalized spacial score (nSPS) is 13.9. The predicted octanol–water partition coefficient (Wildman–Crippen LogP) is 4.17. The molecule has 0 fully saturated rings. The van der Waals surface area contributed by atoms with E-state index in [1.54, 1.807) is 43.5 Å². The van der Waals surface area contributed by atoms with Crippen molar-refractivity contribution in [3.63, 3.8) is 0 Å². The largest absolute Gasteiger partial charge is 0.497 e. The zero-order valence-corrected chi connectivity index (χ0v) is 15.3. The van der Waals surface area contributed by atoms with Gasteiger partial charge in [0.05, 0.1) is 25.3 Å². The van der Waals surface area contributed by atoms with Crippen molar-refractivity contribution in [2.24, 2.45) is 4.99 Å². The molecule has 28 heavy (non-hydrogen) atoms. The number of anilines is 1. The van der Waals surface area contributed by atoms with Crippen LogP contribution in [0.4, 0.5) is 5.69 Å². The lowest BCUT2D eigenvalue weighted by atomic mass is 10.1. The van der Waals surface area contributed by atoms with Crippen molar-refractivity contribution in [3.05, 3.63) is 95.1 Å². The average molecular weight is 367 g/mol. The lowest BCUT2D eigenvalue weighted by Crippen LogP contribution is -2.25. The van der Waals surface area contributed by atoms with Gasteiger partial charge in [0.15, 0.2) is 0 Å². The van der Waals surface area contributed by atoms with Crippen LogP contribution in [0.1, 0.15) is 27.0 Å². The minimum atomic E-state index is -0.329. The third-order valence-electron chi connectivity index (χ3n) is 4.67. The lowest BCUT2D eigenvalue weighted by molar-refractivity contribution is 0.100. The number of benzene rings is 3. The molecule has 5 heteroatoms. The summed E-state index contributed by atoms with van der Waals surface area (Å²) in [5.41, 5.74) is 3.97. The number of fused-ring (bicyclic) bond motifs is 1. The molecule has 1 amide bonds.